The maximum Gasteiger partial charge on any atom is 0.238 e. The van der Waals surface area contributed by atoms with E-state index < -0.39 is 0 Å². The van der Waals surface area contributed by atoms with E-state index in [-0.39, 0.29) is 16.2 Å². The van der Waals surface area contributed by atoms with Gasteiger partial charge in [0, 0.05) is 0 Å². The lowest BCUT2D eigenvalue weighted by molar-refractivity contribution is -0.125. The summed E-state index contributed by atoms with van der Waals surface area (Å²) in [6.45, 7) is 0. The minimum atomic E-state index is -0.201. The van der Waals surface area contributed by atoms with Crippen molar-refractivity contribution in [1.29, 1.82) is 0 Å². The SMILES string of the molecule is O=C1NC(Cl)C1Br. The summed E-state index contributed by atoms with van der Waals surface area (Å²) < 4.78 is 0. The molecule has 0 aliphatic carbocycles. The zero-order valence-corrected chi connectivity index (χ0v) is 5.66. The average molecular weight is 184 g/mol. The zero-order chi connectivity index (χ0) is 5.44. The Labute approximate surface area is 54.3 Å². The van der Waals surface area contributed by atoms with Crippen LogP contribution in [0.5, 0.6) is 0 Å². The Balaban J connectivity index is 2.43. The number of alkyl halides is 2. The summed E-state index contributed by atoms with van der Waals surface area (Å²) in [5, 5.41) is 2.43. The second-order valence-electron chi connectivity index (χ2n) is 1.31. The molecule has 1 saturated heterocycles. The summed E-state index contributed by atoms with van der Waals surface area (Å²) in [4.78, 5) is 10.0. The average Bonchev–Trinajstić information content (AvgIpc) is 1.68. The van der Waals surface area contributed by atoms with Crippen molar-refractivity contribution in [1.82, 2.24) is 5.32 Å². The van der Waals surface area contributed by atoms with Gasteiger partial charge < -0.3 is 5.32 Å². The number of hydrogen-bond donors (Lipinski definition) is 1. The molecule has 0 aromatic carbocycles. The molecule has 1 fully saturated rings. The highest BCUT2D eigenvalue weighted by atomic mass is 79.9. The van der Waals surface area contributed by atoms with Gasteiger partial charge in [-0.3, -0.25) is 4.79 Å². The largest absolute Gasteiger partial charge is 0.337 e. The Morgan fingerprint density at radius 1 is 1.86 bits per heavy atom. The Bertz CT molecular complexity index is 107. The molecule has 0 saturated carbocycles. The molecule has 7 heavy (non-hydrogen) atoms. The quantitative estimate of drug-likeness (QED) is 0.330. The number of halogens is 2. The Morgan fingerprint density at radius 2 is 2.43 bits per heavy atom. The van der Waals surface area contributed by atoms with Gasteiger partial charge in [-0.1, -0.05) is 27.5 Å². The van der Waals surface area contributed by atoms with Crippen LogP contribution >= 0.6 is 27.5 Å². The van der Waals surface area contributed by atoms with Crippen molar-refractivity contribution in [3.63, 3.8) is 0 Å². The van der Waals surface area contributed by atoms with Crippen LogP contribution in [0.4, 0.5) is 0 Å². The molecule has 1 N–H and O–H groups in total. The van der Waals surface area contributed by atoms with Crippen LogP contribution in [0.2, 0.25) is 0 Å². The maximum atomic E-state index is 10.2. The molecule has 1 aliphatic rings. The van der Waals surface area contributed by atoms with Gasteiger partial charge in [-0.2, -0.15) is 0 Å². The van der Waals surface area contributed by atoms with E-state index in [2.05, 4.69) is 21.2 Å². The van der Waals surface area contributed by atoms with E-state index in [1.165, 1.54) is 0 Å². The molecule has 0 aromatic heterocycles. The standard InChI is InChI=1S/C3H3BrClNO/c4-1-2(5)6-3(1)7/h1-2H,(H,6,7). The number of carbonyl (C=O) groups is 1. The molecule has 2 atom stereocenters. The first-order valence-electron chi connectivity index (χ1n) is 1.80. The molecule has 1 aliphatic heterocycles. The lowest BCUT2D eigenvalue weighted by Crippen LogP contribution is -2.55. The molecule has 0 bridgehead atoms. The highest BCUT2D eigenvalue weighted by Gasteiger charge is 2.34. The summed E-state index contributed by atoms with van der Waals surface area (Å²) in [5.74, 6) is -0.0278. The van der Waals surface area contributed by atoms with E-state index in [1.54, 1.807) is 0 Å². The summed E-state index contributed by atoms with van der Waals surface area (Å²) in [5.41, 5.74) is -0.201. The van der Waals surface area contributed by atoms with E-state index in [1.807, 2.05) is 0 Å². The van der Waals surface area contributed by atoms with Crippen molar-refractivity contribution in [2.45, 2.75) is 10.3 Å². The summed E-state index contributed by atoms with van der Waals surface area (Å²) >= 11 is 8.46. The third kappa shape index (κ3) is 0.749. The van der Waals surface area contributed by atoms with Gasteiger partial charge in [-0.05, 0) is 0 Å². The number of rotatable bonds is 0. The van der Waals surface area contributed by atoms with Gasteiger partial charge in [0.2, 0.25) is 5.91 Å². The number of carbonyl (C=O) groups excluding carboxylic acids is 1. The lowest BCUT2D eigenvalue weighted by Gasteiger charge is -2.26. The van der Waals surface area contributed by atoms with Gasteiger partial charge in [0.15, 0.2) is 0 Å². The van der Waals surface area contributed by atoms with Crippen molar-refractivity contribution in [2.24, 2.45) is 0 Å². The molecule has 40 valence electrons. The maximum absolute atomic E-state index is 10.2. The fourth-order valence-corrected chi connectivity index (χ4v) is 0.812. The van der Waals surface area contributed by atoms with E-state index >= 15 is 0 Å². The van der Waals surface area contributed by atoms with Crippen LogP contribution in [-0.2, 0) is 4.79 Å². The number of nitrogens with one attached hydrogen (secondary N) is 1. The van der Waals surface area contributed by atoms with E-state index in [4.69, 9.17) is 11.6 Å². The van der Waals surface area contributed by atoms with Gasteiger partial charge >= 0.3 is 0 Å². The van der Waals surface area contributed by atoms with E-state index in [9.17, 15) is 4.79 Å². The van der Waals surface area contributed by atoms with Gasteiger partial charge in [0.1, 0.15) is 10.3 Å². The molecule has 1 rings (SSSR count). The molecule has 1 heterocycles. The third-order valence-electron chi connectivity index (χ3n) is 0.788. The third-order valence-corrected chi connectivity index (χ3v) is 2.40. The molecular weight excluding hydrogens is 181 g/mol. The van der Waals surface area contributed by atoms with Crippen molar-refractivity contribution >= 4 is 33.4 Å². The highest BCUT2D eigenvalue weighted by molar-refractivity contribution is 9.10. The lowest BCUT2D eigenvalue weighted by atomic mass is 10.3. The van der Waals surface area contributed by atoms with Gasteiger partial charge in [0.25, 0.3) is 0 Å². The summed E-state index contributed by atoms with van der Waals surface area (Å²) in [6, 6.07) is 0. The van der Waals surface area contributed by atoms with Crippen LogP contribution in [0.15, 0.2) is 0 Å². The number of amides is 1. The predicted molar refractivity (Wildman–Crippen MR) is 30.5 cm³/mol. The minimum Gasteiger partial charge on any atom is -0.337 e. The smallest absolute Gasteiger partial charge is 0.238 e. The molecule has 0 aromatic rings. The van der Waals surface area contributed by atoms with Gasteiger partial charge in [-0.15, -0.1) is 0 Å². The molecule has 0 spiro atoms. The molecule has 2 nitrogen and oxygen atoms in total. The fourth-order valence-electron chi connectivity index (χ4n) is 0.325. The van der Waals surface area contributed by atoms with Crippen LogP contribution < -0.4 is 5.32 Å². The van der Waals surface area contributed by atoms with Crippen LogP contribution in [-0.4, -0.2) is 16.2 Å². The van der Waals surface area contributed by atoms with E-state index in [0.29, 0.717) is 0 Å². The topological polar surface area (TPSA) is 29.1 Å². The Hall–Kier alpha value is 0.240. The van der Waals surface area contributed by atoms with Crippen molar-refractivity contribution < 1.29 is 4.79 Å². The molecule has 2 unspecified atom stereocenters. The second kappa shape index (κ2) is 1.63. The Morgan fingerprint density at radius 3 is 2.43 bits per heavy atom. The second-order valence-corrected chi connectivity index (χ2v) is 2.77. The van der Waals surface area contributed by atoms with E-state index in [0.717, 1.165) is 0 Å². The van der Waals surface area contributed by atoms with Crippen molar-refractivity contribution in [3.05, 3.63) is 0 Å². The van der Waals surface area contributed by atoms with Crippen LogP contribution in [0.25, 0.3) is 0 Å². The van der Waals surface area contributed by atoms with Gasteiger partial charge in [-0.25, -0.2) is 0 Å². The van der Waals surface area contributed by atoms with Crippen LogP contribution in [0.1, 0.15) is 0 Å². The first-order valence-corrected chi connectivity index (χ1v) is 3.15. The number of β-lactam (4-membered cyclic amide) rings is 1. The van der Waals surface area contributed by atoms with Crippen LogP contribution in [0.3, 0.4) is 0 Å². The molecule has 1 amide bonds. The predicted octanol–water partition coefficient (Wildman–Crippen LogP) is 0.445. The first-order chi connectivity index (χ1) is 3.22. The highest BCUT2D eigenvalue weighted by Crippen LogP contribution is 2.17. The van der Waals surface area contributed by atoms with Crippen LogP contribution in [0, 0.1) is 0 Å². The summed E-state index contributed by atoms with van der Waals surface area (Å²) in [6.07, 6.45) is 0. The minimum absolute atomic E-state index is 0.0278. The fraction of sp³-hybridized carbons (Fsp3) is 0.667. The first kappa shape index (κ1) is 5.38. The van der Waals surface area contributed by atoms with Gasteiger partial charge in [0.05, 0.1) is 0 Å². The van der Waals surface area contributed by atoms with Crippen molar-refractivity contribution in [3.8, 4) is 0 Å². The normalized spacial score (nSPS) is 39.4. The summed E-state index contributed by atoms with van der Waals surface area (Å²) in [7, 11) is 0. The zero-order valence-electron chi connectivity index (χ0n) is 3.32. The molecule has 0 radical (unpaired) electrons. The Kier molecular flexibility index (Phi) is 1.26. The number of hydrogen-bond acceptors (Lipinski definition) is 1. The molecule has 4 heteroatoms. The monoisotopic (exact) mass is 183 g/mol. The molecular formula is C3H3BrClNO. The van der Waals surface area contributed by atoms with Crippen molar-refractivity contribution in [2.75, 3.05) is 0 Å².